The number of aromatic nitrogens is 2. The number of nitrogens with two attached hydrogens (primary N) is 1. The van der Waals surface area contributed by atoms with Gasteiger partial charge in [0.05, 0.1) is 5.69 Å². The van der Waals surface area contributed by atoms with Gasteiger partial charge >= 0.3 is 0 Å². The first kappa shape index (κ1) is 25.8. The molecule has 2 aromatic carbocycles. The van der Waals surface area contributed by atoms with Crippen molar-refractivity contribution in [1.82, 2.24) is 19.4 Å². The molecule has 0 atom stereocenters. The summed E-state index contributed by atoms with van der Waals surface area (Å²) in [4.78, 5) is 8.76. The van der Waals surface area contributed by atoms with Crippen molar-refractivity contribution in [2.24, 2.45) is 0 Å². The third-order valence-corrected chi connectivity index (χ3v) is 5.88. The number of nitrogens with zero attached hydrogens (tertiary/aromatic N) is 4. The Morgan fingerprint density at radius 2 is 1.75 bits per heavy atom. The molecule has 0 saturated heterocycles. The lowest BCUT2D eigenvalue weighted by molar-refractivity contribution is 0.170. The van der Waals surface area contributed by atoms with Crippen LogP contribution >= 0.6 is 25.7 Å². The van der Waals surface area contributed by atoms with Crippen LogP contribution < -0.4 is 15.2 Å². The Balaban J connectivity index is 0.00000363. The molecule has 3 aromatic rings. The average molecular weight is 473 g/mol. The zero-order valence-corrected chi connectivity index (χ0v) is 21.0. The minimum Gasteiger partial charge on any atom is -0.409 e. The Morgan fingerprint density at radius 3 is 2.44 bits per heavy atom. The Hall–Kier alpha value is -2.46. The van der Waals surface area contributed by atoms with E-state index in [1.54, 1.807) is 0 Å². The summed E-state index contributed by atoms with van der Waals surface area (Å²) < 4.78 is 7.60. The molecule has 0 unspecified atom stereocenters. The van der Waals surface area contributed by atoms with E-state index in [1.165, 1.54) is 28.9 Å². The van der Waals surface area contributed by atoms with E-state index in [1.807, 2.05) is 54.8 Å². The molecular weight excluding hydrogens is 440 g/mol. The molecule has 0 amide bonds. The molecule has 1 heterocycles. The standard InChI is InChI=1S/C23H30N6OS.H2S/c1-16-7-6-8-20(17(16)2)21-15-22(27-23(24)26-21)25-14-13-18-9-11-19(12-10-18)30-31-29(5)28(3)4;/h6-12,15H,13-14H2,1-5H3,(H3,24,25,26,27);1H2. The van der Waals surface area contributed by atoms with Crippen molar-refractivity contribution in [2.45, 2.75) is 20.3 Å². The molecule has 0 aliphatic carbocycles. The number of hydrogen-bond donors (Lipinski definition) is 2. The Morgan fingerprint density at radius 1 is 1.03 bits per heavy atom. The molecule has 3 rings (SSSR count). The molecule has 0 radical (unpaired) electrons. The van der Waals surface area contributed by atoms with Crippen LogP contribution in [0.3, 0.4) is 0 Å². The van der Waals surface area contributed by atoms with E-state index in [4.69, 9.17) is 9.92 Å². The van der Waals surface area contributed by atoms with Crippen LogP contribution in [0.1, 0.15) is 16.7 Å². The second-order valence-corrected chi connectivity index (χ2v) is 8.38. The van der Waals surface area contributed by atoms with Gasteiger partial charge < -0.3 is 15.2 Å². The summed E-state index contributed by atoms with van der Waals surface area (Å²) in [6.45, 7) is 4.93. The molecule has 0 aliphatic heterocycles. The molecule has 1 aromatic heterocycles. The van der Waals surface area contributed by atoms with Crippen LogP contribution in [-0.2, 0) is 6.42 Å². The molecule has 3 N–H and O–H groups in total. The molecular formula is C23H32N6OS2. The van der Waals surface area contributed by atoms with Gasteiger partial charge in [-0.1, -0.05) is 30.3 Å². The monoisotopic (exact) mass is 472 g/mol. The van der Waals surface area contributed by atoms with Crippen LogP contribution in [-0.4, -0.2) is 47.1 Å². The number of anilines is 2. The molecule has 0 aliphatic rings. The summed E-state index contributed by atoms with van der Waals surface area (Å²) >= 11 is 1.28. The van der Waals surface area contributed by atoms with Crippen molar-refractivity contribution in [3.8, 4) is 17.0 Å². The van der Waals surface area contributed by atoms with E-state index < -0.39 is 0 Å². The molecule has 9 heteroatoms. The van der Waals surface area contributed by atoms with Crippen molar-refractivity contribution in [3.63, 3.8) is 0 Å². The average Bonchev–Trinajstić information content (AvgIpc) is 2.74. The minimum absolute atomic E-state index is 0. The normalized spacial score (nSPS) is 10.8. The number of rotatable bonds is 9. The smallest absolute Gasteiger partial charge is 0.222 e. The fourth-order valence-electron chi connectivity index (χ4n) is 2.93. The van der Waals surface area contributed by atoms with Gasteiger partial charge in [0, 0.05) is 39.3 Å². The van der Waals surface area contributed by atoms with Gasteiger partial charge in [-0.2, -0.15) is 22.9 Å². The second-order valence-electron chi connectivity index (χ2n) is 7.53. The van der Waals surface area contributed by atoms with Gasteiger partial charge in [-0.25, -0.2) is 9.99 Å². The van der Waals surface area contributed by atoms with Gasteiger partial charge in [-0.3, -0.25) is 0 Å². The first-order valence-electron chi connectivity index (χ1n) is 10.1. The third kappa shape index (κ3) is 7.03. The summed E-state index contributed by atoms with van der Waals surface area (Å²) in [7, 11) is 5.86. The maximum Gasteiger partial charge on any atom is 0.222 e. The third-order valence-electron chi connectivity index (χ3n) is 5.07. The van der Waals surface area contributed by atoms with Crippen molar-refractivity contribution in [1.29, 1.82) is 0 Å². The van der Waals surface area contributed by atoms with Crippen LogP contribution in [0.25, 0.3) is 11.3 Å². The van der Waals surface area contributed by atoms with Crippen LogP contribution in [0.15, 0.2) is 48.5 Å². The fourth-order valence-corrected chi connectivity index (χ4v) is 3.37. The van der Waals surface area contributed by atoms with Crippen LogP contribution in [0.5, 0.6) is 5.75 Å². The lowest BCUT2D eigenvalue weighted by atomic mass is 10.0. The predicted octanol–water partition coefficient (Wildman–Crippen LogP) is 4.46. The second kappa shape index (κ2) is 12.0. The maximum atomic E-state index is 5.97. The lowest BCUT2D eigenvalue weighted by Crippen LogP contribution is -2.27. The largest absolute Gasteiger partial charge is 0.409 e. The number of hydrazine groups is 1. The summed E-state index contributed by atoms with van der Waals surface area (Å²) in [5.74, 6) is 1.81. The quantitative estimate of drug-likeness (QED) is 0.268. The zero-order chi connectivity index (χ0) is 22.4. The van der Waals surface area contributed by atoms with E-state index in [0.717, 1.165) is 35.8 Å². The summed E-state index contributed by atoms with van der Waals surface area (Å²) in [5, 5.41) is 5.31. The number of nitrogens with one attached hydrogen (secondary N) is 1. The number of nitrogen functional groups attached to an aromatic ring is 1. The molecule has 0 fully saturated rings. The molecule has 0 spiro atoms. The molecule has 7 nitrogen and oxygen atoms in total. The first-order chi connectivity index (χ1) is 14.8. The highest BCUT2D eigenvalue weighted by Crippen LogP contribution is 2.26. The highest BCUT2D eigenvalue weighted by Gasteiger charge is 2.09. The molecule has 32 heavy (non-hydrogen) atoms. The van der Waals surface area contributed by atoms with E-state index in [-0.39, 0.29) is 19.4 Å². The van der Waals surface area contributed by atoms with Gasteiger partial charge in [0.15, 0.2) is 12.2 Å². The van der Waals surface area contributed by atoms with E-state index in [0.29, 0.717) is 0 Å². The van der Waals surface area contributed by atoms with Crippen LogP contribution in [0.2, 0.25) is 0 Å². The number of benzene rings is 2. The van der Waals surface area contributed by atoms with Crippen molar-refractivity contribution in [2.75, 3.05) is 38.7 Å². The van der Waals surface area contributed by atoms with E-state index >= 15 is 0 Å². The van der Waals surface area contributed by atoms with Crippen molar-refractivity contribution >= 4 is 37.5 Å². The fraction of sp³-hybridized carbons (Fsp3) is 0.304. The Bertz CT molecular complexity index is 1010. The summed E-state index contributed by atoms with van der Waals surface area (Å²) in [5.41, 5.74) is 11.5. The van der Waals surface area contributed by atoms with Crippen molar-refractivity contribution in [3.05, 3.63) is 65.2 Å². The number of aryl methyl sites for hydroxylation is 1. The molecule has 0 bridgehead atoms. The Kier molecular flexibility index (Phi) is 9.64. The van der Waals surface area contributed by atoms with Gasteiger partial charge in [0.25, 0.3) is 0 Å². The van der Waals surface area contributed by atoms with Gasteiger partial charge in [0.2, 0.25) is 5.95 Å². The SMILES string of the molecule is Cc1cccc(-c2cc(NCCc3ccc(OSN(C)N(C)C)cc3)nc(N)n2)c1C.S. The molecule has 172 valence electrons. The summed E-state index contributed by atoms with van der Waals surface area (Å²) in [6.07, 6.45) is 0.855. The molecule has 0 saturated carbocycles. The van der Waals surface area contributed by atoms with Gasteiger partial charge in [-0.15, -0.1) is 0 Å². The van der Waals surface area contributed by atoms with E-state index in [2.05, 4.69) is 53.4 Å². The highest BCUT2D eigenvalue weighted by atomic mass is 32.2. The van der Waals surface area contributed by atoms with E-state index in [9.17, 15) is 0 Å². The first-order valence-corrected chi connectivity index (χ1v) is 10.8. The van der Waals surface area contributed by atoms with Crippen LogP contribution in [0.4, 0.5) is 11.8 Å². The number of hydrogen-bond acceptors (Lipinski definition) is 8. The van der Waals surface area contributed by atoms with Gasteiger partial charge in [-0.05, 0) is 49.1 Å². The lowest BCUT2D eigenvalue weighted by Gasteiger charge is -2.21. The van der Waals surface area contributed by atoms with Crippen molar-refractivity contribution < 1.29 is 4.18 Å². The summed E-state index contributed by atoms with van der Waals surface area (Å²) in [6, 6.07) is 16.2. The zero-order valence-electron chi connectivity index (χ0n) is 19.2. The topological polar surface area (TPSA) is 79.5 Å². The maximum absolute atomic E-state index is 5.97. The predicted molar refractivity (Wildman–Crippen MR) is 140 cm³/mol. The minimum atomic E-state index is 0. The van der Waals surface area contributed by atoms with Crippen LogP contribution in [0, 0.1) is 13.8 Å². The van der Waals surface area contributed by atoms with Gasteiger partial charge in [0.1, 0.15) is 11.6 Å². The highest BCUT2D eigenvalue weighted by molar-refractivity contribution is 7.92. The Labute approximate surface area is 202 Å².